The summed E-state index contributed by atoms with van der Waals surface area (Å²) in [5, 5.41) is 0. The molecule has 0 spiro atoms. The summed E-state index contributed by atoms with van der Waals surface area (Å²) in [6, 6.07) is 4.97. The lowest BCUT2D eigenvalue weighted by Crippen LogP contribution is -2.27. The van der Waals surface area contributed by atoms with Crippen LogP contribution in [0.3, 0.4) is 0 Å². The summed E-state index contributed by atoms with van der Waals surface area (Å²) in [7, 11) is -4.15. The van der Waals surface area contributed by atoms with Crippen LogP contribution in [0.4, 0.5) is 8.78 Å². The Morgan fingerprint density at radius 2 is 1.80 bits per heavy atom. The van der Waals surface area contributed by atoms with Crippen molar-refractivity contribution in [3.05, 3.63) is 59.9 Å². The van der Waals surface area contributed by atoms with E-state index in [1.54, 1.807) is 19.1 Å². The molecule has 20 heavy (non-hydrogen) atoms. The van der Waals surface area contributed by atoms with Gasteiger partial charge in [0.05, 0.1) is 0 Å². The van der Waals surface area contributed by atoms with E-state index < -0.39 is 32.6 Å². The zero-order valence-electron chi connectivity index (χ0n) is 10.5. The van der Waals surface area contributed by atoms with Crippen LogP contribution >= 0.6 is 0 Å². The predicted molar refractivity (Wildman–Crippen MR) is 69.3 cm³/mol. The van der Waals surface area contributed by atoms with Crippen molar-refractivity contribution in [2.24, 2.45) is 0 Å². The van der Waals surface area contributed by atoms with Crippen LogP contribution in [-0.2, 0) is 10.0 Å². The van der Waals surface area contributed by atoms with Crippen LogP contribution in [0.15, 0.2) is 47.6 Å². The molecule has 1 aromatic carbocycles. The fourth-order valence-corrected chi connectivity index (χ4v) is 3.02. The Morgan fingerprint density at radius 1 is 1.15 bits per heavy atom. The van der Waals surface area contributed by atoms with Crippen molar-refractivity contribution in [2.75, 3.05) is 0 Å². The van der Waals surface area contributed by atoms with Gasteiger partial charge in [-0.25, -0.2) is 21.9 Å². The van der Waals surface area contributed by atoms with Gasteiger partial charge >= 0.3 is 0 Å². The van der Waals surface area contributed by atoms with Crippen molar-refractivity contribution in [1.29, 1.82) is 0 Å². The standard InChI is InChI=1S/C13H12F2N2O2S/c1-9(10-4-6-16-7-5-10)17-20(18,19)13-8-11(14)2-3-12(13)15/h2-9,17H,1H3. The number of halogens is 2. The fraction of sp³-hybridized carbons (Fsp3) is 0.154. The third kappa shape index (κ3) is 3.17. The largest absolute Gasteiger partial charge is 0.265 e. The summed E-state index contributed by atoms with van der Waals surface area (Å²) in [5.41, 5.74) is 0.667. The van der Waals surface area contributed by atoms with Crippen molar-refractivity contribution >= 4 is 10.0 Å². The Kier molecular flexibility index (Phi) is 4.10. The highest BCUT2D eigenvalue weighted by atomic mass is 32.2. The average molecular weight is 298 g/mol. The van der Waals surface area contributed by atoms with Gasteiger partial charge in [0.2, 0.25) is 10.0 Å². The van der Waals surface area contributed by atoms with Crippen LogP contribution in [-0.4, -0.2) is 13.4 Å². The third-order valence-corrected chi connectivity index (χ3v) is 4.28. The molecule has 0 aliphatic rings. The normalized spacial score (nSPS) is 13.2. The van der Waals surface area contributed by atoms with Crippen LogP contribution in [0, 0.1) is 11.6 Å². The maximum Gasteiger partial charge on any atom is 0.244 e. The van der Waals surface area contributed by atoms with E-state index in [4.69, 9.17) is 0 Å². The van der Waals surface area contributed by atoms with Crippen LogP contribution < -0.4 is 4.72 Å². The maximum atomic E-state index is 13.5. The molecule has 7 heteroatoms. The van der Waals surface area contributed by atoms with Crippen molar-refractivity contribution in [3.8, 4) is 0 Å². The minimum absolute atomic E-state index is 0.592. The second-order valence-electron chi connectivity index (χ2n) is 4.20. The number of hydrogen-bond acceptors (Lipinski definition) is 3. The van der Waals surface area contributed by atoms with E-state index in [-0.39, 0.29) is 0 Å². The second-order valence-corrected chi connectivity index (χ2v) is 5.88. The fourth-order valence-electron chi connectivity index (χ4n) is 1.70. The molecule has 1 unspecified atom stereocenters. The van der Waals surface area contributed by atoms with Gasteiger partial charge in [0, 0.05) is 18.4 Å². The zero-order valence-corrected chi connectivity index (χ0v) is 11.4. The van der Waals surface area contributed by atoms with E-state index in [1.807, 2.05) is 0 Å². The highest BCUT2D eigenvalue weighted by Gasteiger charge is 2.22. The molecule has 106 valence electrons. The Labute approximate surface area is 115 Å². The van der Waals surface area contributed by atoms with E-state index in [0.717, 1.165) is 12.1 Å². The van der Waals surface area contributed by atoms with Gasteiger partial charge < -0.3 is 0 Å². The number of sulfonamides is 1. The summed E-state index contributed by atoms with van der Waals surface area (Å²) in [6.45, 7) is 1.60. The number of hydrogen-bond donors (Lipinski definition) is 1. The van der Waals surface area contributed by atoms with Gasteiger partial charge in [-0.15, -0.1) is 0 Å². The van der Waals surface area contributed by atoms with Crippen LogP contribution in [0.5, 0.6) is 0 Å². The SMILES string of the molecule is CC(NS(=O)(=O)c1cc(F)ccc1F)c1ccncc1. The summed E-state index contributed by atoms with van der Waals surface area (Å²) in [6.07, 6.45) is 3.03. The molecule has 0 radical (unpaired) electrons. The van der Waals surface area contributed by atoms with Crippen LogP contribution in [0.2, 0.25) is 0 Å². The van der Waals surface area contributed by atoms with Crippen LogP contribution in [0.25, 0.3) is 0 Å². The number of nitrogens with one attached hydrogen (secondary N) is 1. The molecule has 0 saturated heterocycles. The Hall–Kier alpha value is -1.86. The van der Waals surface area contributed by atoms with Crippen molar-refractivity contribution in [3.63, 3.8) is 0 Å². The molecule has 0 saturated carbocycles. The smallest absolute Gasteiger partial charge is 0.244 e. The van der Waals surface area contributed by atoms with Crippen LogP contribution in [0.1, 0.15) is 18.5 Å². The first kappa shape index (κ1) is 14.5. The summed E-state index contributed by atoms with van der Waals surface area (Å²) in [4.78, 5) is 3.11. The number of pyridine rings is 1. The van der Waals surface area contributed by atoms with Gasteiger partial charge in [-0.1, -0.05) is 0 Å². The molecule has 0 fully saturated rings. The first-order chi connectivity index (χ1) is 9.40. The lowest BCUT2D eigenvalue weighted by Gasteiger charge is -2.14. The molecule has 0 aliphatic carbocycles. The van der Waals surface area contributed by atoms with Crippen molar-refractivity contribution in [2.45, 2.75) is 17.9 Å². The summed E-state index contributed by atoms with van der Waals surface area (Å²) >= 11 is 0. The minimum Gasteiger partial charge on any atom is -0.265 e. The first-order valence-corrected chi connectivity index (χ1v) is 7.26. The lowest BCUT2D eigenvalue weighted by molar-refractivity contribution is 0.538. The highest BCUT2D eigenvalue weighted by molar-refractivity contribution is 7.89. The highest BCUT2D eigenvalue weighted by Crippen LogP contribution is 2.19. The van der Waals surface area contributed by atoms with Gasteiger partial charge in [0.25, 0.3) is 0 Å². The number of aromatic nitrogens is 1. The molecule has 4 nitrogen and oxygen atoms in total. The predicted octanol–water partition coefficient (Wildman–Crippen LogP) is 2.40. The number of benzene rings is 1. The van der Waals surface area contributed by atoms with E-state index in [2.05, 4.69) is 9.71 Å². The Bertz CT molecular complexity index is 706. The molecule has 2 rings (SSSR count). The molecule has 2 aromatic rings. The average Bonchev–Trinajstić information content (AvgIpc) is 2.42. The van der Waals surface area contributed by atoms with E-state index in [9.17, 15) is 17.2 Å². The zero-order chi connectivity index (χ0) is 14.8. The Morgan fingerprint density at radius 3 is 2.45 bits per heavy atom. The van der Waals surface area contributed by atoms with Gasteiger partial charge in [-0.3, -0.25) is 4.98 Å². The van der Waals surface area contributed by atoms with Gasteiger partial charge in [-0.05, 0) is 42.8 Å². The monoisotopic (exact) mass is 298 g/mol. The molecular weight excluding hydrogens is 286 g/mol. The van der Waals surface area contributed by atoms with E-state index in [0.29, 0.717) is 11.6 Å². The minimum atomic E-state index is -4.15. The first-order valence-electron chi connectivity index (χ1n) is 5.77. The summed E-state index contributed by atoms with van der Waals surface area (Å²) in [5.74, 6) is -1.82. The molecule has 1 aromatic heterocycles. The summed E-state index contributed by atoms with van der Waals surface area (Å²) < 4.78 is 53.0. The van der Waals surface area contributed by atoms with Gasteiger partial charge in [0.15, 0.2) is 0 Å². The number of rotatable bonds is 4. The van der Waals surface area contributed by atoms with Gasteiger partial charge in [-0.2, -0.15) is 0 Å². The molecule has 1 N–H and O–H groups in total. The van der Waals surface area contributed by atoms with Crippen molar-refractivity contribution < 1.29 is 17.2 Å². The molecular formula is C13H12F2N2O2S. The molecule has 0 bridgehead atoms. The molecule has 0 amide bonds. The molecule has 1 heterocycles. The topological polar surface area (TPSA) is 59.1 Å². The second kappa shape index (κ2) is 5.64. The van der Waals surface area contributed by atoms with E-state index >= 15 is 0 Å². The van der Waals surface area contributed by atoms with E-state index in [1.165, 1.54) is 12.4 Å². The molecule has 1 atom stereocenters. The quantitative estimate of drug-likeness (QED) is 0.943. The van der Waals surface area contributed by atoms with Crippen molar-refractivity contribution in [1.82, 2.24) is 9.71 Å². The Balaban J connectivity index is 2.30. The van der Waals surface area contributed by atoms with Gasteiger partial charge in [0.1, 0.15) is 16.5 Å². The maximum absolute atomic E-state index is 13.5. The molecule has 0 aliphatic heterocycles. The lowest BCUT2D eigenvalue weighted by atomic mass is 10.1. The third-order valence-electron chi connectivity index (χ3n) is 2.72. The number of nitrogens with zero attached hydrogens (tertiary/aromatic N) is 1.